The van der Waals surface area contributed by atoms with E-state index in [9.17, 15) is 4.79 Å². The first-order chi connectivity index (χ1) is 11.0. The molecule has 0 saturated carbocycles. The van der Waals surface area contributed by atoms with Crippen LogP contribution in [0.5, 0.6) is 0 Å². The quantitative estimate of drug-likeness (QED) is 0.721. The predicted molar refractivity (Wildman–Crippen MR) is 90.2 cm³/mol. The molecule has 3 rings (SSSR count). The lowest BCUT2D eigenvalue weighted by atomic mass is 10.1. The van der Waals surface area contributed by atoms with Crippen LogP contribution in [0.2, 0.25) is 0 Å². The first kappa shape index (κ1) is 14.8. The number of carbonyl (C=O) groups is 1. The molecule has 1 heterocycles. The van der Waals surface area contributed by atoms with Crippen LogP contribution < -0.4 is 11.1 Å². The summed E-state index contributed by atoms with van der Waals surface area (Å²) in [7, 11) is 0. The van der Waals surface area contributed by atoms with Gasteiger partial charge in [0.25, 0.3) is 5.91 Å². The number of hydrogen-bond acceptors (Lipinski definition) is 4. The van der Waals surface area contributed by atoms with E-state index in [0.717, 1.165) is 16.8 Å². The highest BCUT2D eigenvalue weighted by Crippen LogP contribution is 2.25. The molecule has 1 amide bonds. The highest BCUT2D eigenvalue weighted by atomic mass is 16.3. The number of nitrogen functional groups attached to an aromatic ring is 1. The van der Waals surface area contributed by atoms with Crippen LogP contribution in [-0.2, 0) is 0 Å². The lowest BCUT2D eigenvalue weighted by molar-refractivity contribution is 0.102. The minimum absolute atomic E-state index is 0.211. The van der Waals surface area contributed by atoms with Crippen LogP contribution in [0.15, 0.2) is 53.1 Å². The van der Waals surface area contributed by atoms with E-state index < -0.39 is 0 Å². The topological polar surface area (TPSA) is 81.2 Å². The molecule has 0 bridgehead atoms. The number of nitrogens with two attached hydrogens (primary N) is 1. The van der Waals surface area contributed by atoms with Gasteiger partial charge < -0.3 is 15.5 Å². The molecule has 0 spiro atoms. The molecule has 0 aliphatic rings. The normalized spacial score (nSPS) is 10.5. The van der Waals surface area contributed by atoms with E-state index in [0.29, 0.717) is 17.1 Å². The summed E-state index contributed by atoms with van der Waals surface area (Å²) in [4.78, 5) is 16.5. The standard InChI is InChI=1S/C18H17N3O2/c1-11-7-12(2)9-13(8-11)20-17(22)16-10-23-18(21-16)14-5-3-4-6-15(14)19/h3-10H,19H2,1-2H3,(H,20,22). The minimum Gasteiger partial charge on any atom is -0.444 e. The first-order valence-corrected chi connectivity index (χ1v) is 7.23. The molecule has 0 unspecified atom stereocenters. The van der Waals surface area contributed by atoms with Crippen LogP contribution in [0.3, 0.4) is 0 Å². The third-order valence-corrected chi connectivity index (χ3v) is 3.41. The average Bonchev–Trinajstić information content (AvgIpc) is 2.96. The molecule has 0 aliphatic carbocycles. The van der Waals surface area contributed by atoms with E-state index in [1.54, 1.807) is 12.1 Å². The maximum atomic E-state index is 12.3. The van der Waals surface area contributed by atoms with Gasteiger partial charge >= 0.3 is 0 Å². The Morgan fingerprint density at radius 3 is 2.52 bits per heavy atom. The summed E-state index contributed by atoms with van der Waals surface area (Å²) in [5.41, 5.74) is 10.2. The Morgan fingerprint density at radius 2 is 1.83 bits per heavy atom. The van der Waals surface area contributed by atoms with Gasteiger partial charge in [0, 0.05) is 11.4 Å². The van der Waals surface area contributed by atoms with Crippen molar-refractivity contribution < 1.29 is 9.21 Å². The second-order valence-electron chi connectivity index (χ2n) is 5.46. The fourth-order valence-corrected chi connectivity index (χ4v) is 2.44. The van der Waals surface area contributed by atoms with E-state index in [4.69, 9.17) is 10.2 Å². The average molecular weight is 307 g/mol. The van der Waals surface area contributed by atoms with Crippen molar-refractivity contribution in [2.24, 2.45) is 0 Å². The summed E-state index contributed by atoms with van der Waals surface area (Å²) < 4.78 is 5.39. The molecule has 3 N–H and O–H groups in total. The molecule has 5 heteroatoms. The summed E-state index contributed by atoms with van der Waals surface area (Å²) in [6.45, 7) is 3.96. The maximum absolute atomic E-state index is 12.3. The number of para-hydroxylation sites is 1. The van der Waals surface area contributed by atoms with Crippen LogP contribution >= 0.6 is 0 Å². The van der Waals surface area contributed by atoms with Crippen molar-refractivity contribution in [2.45, 2.75) is 13.8 Å². The molecule has 2 aromatic carbocycles. The van der Waals surface area contributed by atoms with Gasteiger partial charge in [-0.05, 0) is 49.2 Å². The Kier molecular flexibility index (Phi) is 3.85. The van der Waals surface area contributed by atoms with E-state index in [1.165, 1.54) is 6.26 Å². The second-order valence-corrected chi connectivity index (χ2v) is 5.46. The zero-order valence-electron chi connectivity index (χ0n) is 13.0. The lowest BCUT2D eigenvalue weighted by Crippen LogP contribution is -2.12. The number of benzene rings is 2. The zero-order chi connectivity index (χ0) is 16.4. The van der Waals surface area contributed by atoms with Gasteiger partial charge in [0.15, 0.2) is 5.69 Å². The number of oxazole rings is 1. The Balaban J connectivity index is 1.83. The van der Waals surface area contributed by atoms with E-state index >= 15 is 0 Å². The molecule has 0 saturated heterocycles. The van der Waals surface area contributed by atoms with Gasteiger partial charge in [0.2, 0.25) is 5.89 Å². The highest BCUT2D eigenvalue weighted by molar-refractivity contribution is 6.03. The third kappa shape index (κ3) is 3.23. The van der Waals surface area contributed by atoms with E-state index in [1.807, 2.05) is 44.2 Å². The van der Waals surface area contributed by atoms with E-state index in [2.05, 4.69) is 10.3 Å². The molecule has 0 fully saturated rings. The summed E-state index contributed by atoms with van der Waals surface area (Å²) in [6, 6.07) is 13.1. The SMILES string of the molecule is Cc1cc(C)cc(NC(=O)c2coc(-c3ccccc3N)n2)c1. The van der Waals surface area contributed by atoms with Gasteiger partial charge in [0.05, 0.1) is 5.56 Å². The Hall–Kier alpha value is -3.08. The largest absolute Gasteiger partial charge is 0.444 e. The van der Waals surface area contributed by atoms with Crippen LogP contribution in [0.4, 0.5) is 11.4 Å². The number of aromatic nitrogens is 1. The number of anilines is 2. The van der Waals surface area contributed by atoms with Crippen molar-refractivity contribution in [3.63, 3.8) is 0 Å². The van der Waals surface area contributed by atoms with Crippen molar-refractivity contribution in [1.29, 1.82) is 0 Å². The Bertz CT molecular complexity index is 848. The minimum atomic E-state index is -0.320. The van der Waals surface area contributed by atoms with Crippen LogP contribution in [0.1, 0.15) is 21.6 Å². The van der Waals surface area contributed by atoms with Crippen molar-refractivity contribution in [3.05, 3.63) is 65.5 Å². The zero-order valence-corrected chi connectivity index (χ0v) is 13.0. The number of amides is 1. The monoisotopic (exact) mass is 307 g/mol. The number of hydrogen-bond donors (Lipinski definition) is 2. The van der Waals surface area contributed by atoms with Gasteiger partial charge in [-0.3, -0.25) is 4.79 Å². The molecule has 23 heavy (non-hydrogen) atoms. The van der Waals surface area contributed by atoms with Crippen molar-refractivity contribution >= 4 is 17.3 Å². The summed E-state index contributed by atoms with van der Waals surface area (Å²) >= 11 is 0. The molecule has 116 valence electrons. The molecule has 3 aromatic rings. The van der Waals surface area contributed by atoms with Crippen LogP contribution in [0, 0.1) is 13.8 Å². The van der Waals surface area contributed by atoms with Gasteiger partial charge in [0.1, 0.15) is 6.26 Å². The van der Waals surface area contributed by atoms with Crippen molar-refractivity contribution in [1.82, 2.24) is 4.98 Å². The first-order valence-electron chi connectivity index (χ1n) is 7.23. The highest BCUT2D eigenvalue weighted by Gasteiger charge is 2.15. The van der Waals surface area contributed by atoms with E-state index in [-0.39, 0.29) is 11.6 Å². The number of nitrogens with zero attached hydrogens (tertiary/aromatic N) is 1. The molecule has 0 atom stereocenters. The summed E-state index contributed by atoms with van der Waals surface area (Å²) in [6.07, 6.45) is 1.33. The van der Waals surface area contributed by atoms with Crippen molar-refractivity contribution in [3.8, 4) is 11.5 Å². The van der Waals surface area contributed by atoms with Gasteiger partial charge in [-0.15, -0.1) is 0 Å². The van der Waals surface area contributed by atoms with Crippen LogP contribution in [-0.4, -0.2) is 10.9 Å². The smallest absolute Gasteiger partial charge is 0.277 e. The molecule has 1 aromatic heterocycles. The summed E-state index contributed by atoms with van der Waals surface area (Å²) in [5.74, 6) is 0.00757. The number of aryl methyl sites for hydroxylation is 2. The number of rotatable bonds is 3. The molecule has 0 radical (unpaired) electrons. The Morgan fingerprint density at radius 1 is 1.13 bits per heavy atom. The molecule has 0 aliphatic heterocycles. The molecule has 5 nitrogen and oxygen atoms in total. The fraction of sp³-hybridized carbons (Fsp3) is 0.111. The molecular weight excluding hydrogens is 290 g/mol. The maximum Gasteiger partial charge on any atom is 0.277 e. The van der Waals surface area contributed by atoms with Crippen LogP contribution in [0.25, 0.3) is 11.5 Å². The number of nitrogens with one attached hydrogen (secondary N) is 1. The fourth-order valence-electron chi connectivity index (χ4n) is 2.44. The Labute approximate surface area is 134 Å². The lowest BCUT2D eigenvalue weighted by Gasteiger charge is -2.05. The van der Waals surface area contributed by atoms with Gasteiger partial charge in [-0.25, -0.2) is 4.98 Å². The predicted octanol–water partition coefficient (Wildman–Crippen LogP) is 3.79. The van der Waals surface area contributed by atoms with Gasteiger partial charge in [-0.2, -0.15) is 0 Å². The second kappa shape index (κ2) is 5.96. The third-order valence-electron chi connectivity index (χ3n) is 3.41. The van der Waals surface area contributed by atoms with Crippen molar-refractivity contribution in [2.75, 3.05) is 11.1 Å². The summed E-state index contributed by atoms with van der Waals surface area (Å²) in [5, 5.41) is 2.83. The molecular formula is C18H17N3O2. The van der Waals surface area contributed by atoms with Gasteiger partial charge in [-0.1, -0.05) is 18.2 Å². The number of carbonyl (C=O) groups excluding carboxylic acids is 1.